The first-order chi connectivity index (χ1) is 19.4. The molecule has 204 valence electrons. The Balaban J connectivity index is 1.27. The first kappa shape index (κ1) is 26.5. The highest BCUT2D eigenvalue weighted by Gasteiger charge is 2.56. The zero-order valence-corrected chi connectivity index (χ0v) is 23.3. The number of fused-ring (bicyclic) bond motifs is 4. The summed E-state index contributed by atoms with van der Waals surface area (Å²) in [6.45, 7) is 2.31. The Bertz CT molecular complexity index is 1500. The lowest BCUT2D eigenvalue weighted by molar-refractivity contribution is -0.114. The fourth-order valence-electron chi connectivity index (χ4n) is 7.88. The van der Waals surface area contributed by atoms with Gasteiger partial charge in [0.05, 0.1) is 18.8 Å². The molecule has 4 heteroatoms. The van der Waals surface area contributed by atoms with E-state index in [1.807, 2.05) is 24.3 Å². The first-order valence-electron chi connectivity index (χ1n) is 14.5. The SMILES string of the molecule is COC(=O)c1cccc(/C=C/C#Cc2ccc(C3CC4(C)C(O)CCC4C4CCC5=CC(=O)CCC5=C34)cc2)c1. The molecule has 0 radical (unpaired) electrons. The molecule has 0 spiro atoms. The highest BCUT2D eigenvalue weighted by atomic mass is 16.5. The summed E-state index contributed by atoms with van der Waals surface area (Å²) in [7, 11) is 1.38. The van der Waals surface area contributed by atoms with Crippen molar-refractivity contribution in [2.24, 2.45) is 17.3 Å². The summed E-state index contributed by atoms with van der Waals surface area (Å²) < 4.78 is 4.80. The molecular formula is C36H36O4. The second-order valence-electron chi connectivity index (χ2n) is 12.0. The number of rotatable bonds is 3. The third kappa shape index (κ3) is 4.78. The molecule has 0 aliphatic heterocycles. The summed E-state index contributed by atoms with van der Waals surface area (Å²) in [5, 5.41) is 11.1. The van der Waals surface area contributed by atoms with Crippen LogP contribution in [-0.2, 0) is 9.53 Å². The fraction of sp³-hybridized carbons (Fsp3) is 0.389. The van der Waals surface area contributed by atoms with Crippen LogP contribution in [0.4, 0.5) is 0 Å². The predicted molar refractivity (Wildman–Crippen MR) is 156 cm³/mol. The molecule has 0 saturated heterocycles. The summed E-state index contributed by atoms with van der Waals surface area (Å²) in [6, 6.07) is 15.9. The molecule has 4 nitrogen and oxygen atoms in total. The van der Waals surface area contributed by atoms with Crippen LogP contribution in [0.25, 0.3) is 6.08 Å². The van der Waals surface area contributed by atoms with E-state index < -0.39 is 0 Å². The number of ether oxygens (including phenoxy) is 1. The van der Waals surface area contributed by atoms with Gasteiger partial charge in [0, 0.05) is 17.9 Å². The fourth-order valence-corrected chi connectivity index (χ4v) is 7.88. The van der Waals surface area contributed by atoms with Crippen LogP contribution in [0.3, 0.4) is 0 Å². The molecule has 4 aliphatic carbocycles. The van der Waals surface area contributed by atoms with Gasteiger partial charge in [-0.2, -0.15) is 0 Å². The van der Waals surface area contributed by atoms with Gasteiger partial charge in [0.25, 0.3) is 0 Å². The second kappa shape index (κ2) is 10.7. The quantitative estimate of drug-likeness (QED) is 0.349. The molecule has 0 aromatic heterocycles. The highest BCUT2D eigenvalue weighted by Crippen LogP contribution is 2.63. The molecule has 0 bridgehead atoms. The van der Waals surface area contributed by atoms with E-state index in [9.17, 15) is 14.7 Å². The zero-order chi connectivity index (χ0) is 27.9. The van der Waals surface area contributed by atoms with Crippen LogP contribution in [0, 0.1) is 29.1 Å². The van der Waals surface area contributed by atoms with E-state index in [4.69, 9.17) is 4.74 Å². The average molecular weight is 533 g/mol. The Morgan fingerprint density at radius 2 is 1.90 bits per heavy atom. The molecular weight excluding hydrogens is 496 g/mol. The second-order valence-corrected chi connectivity index (χ2v) is 12.0. The first-order valence-corrected chi connectivity index (χ1v) is 14.5. The lowest BCUT2D eigenvalue weighted by Crippen LogP contribution is -2.45. The van der Waals surface area contributed by atoms with Crippen LogP contribution in [0.1, 0.15) is 84.8 Å². The summed E-state index contributed by atoms with van der Waals surface area (Å²) in [4.78, 5) is 24.0. The number of carbonyl (C=O) groups excluding carboxylic acids is 2. The van der Waals surface area contributed by atoms with Crippen molar-refractivity contribution in [1.29, 1.82) is 0 Å². The van der Waals surface area contributed by atoms with Gasteiger partial charge in [0.2, 0.25) is 0 Å². The third-order valence-electron chi connectivity index (χ3n) is 9.88. The van der Waals surface area contributed by atoms with Gasteiger partial charge in [-0.1, -0.05) is 48.6 Å². The van der Waals surface area contributed by atoms with Crippen molar-refractivity contribution in [3.8, 4) is 11.8 Å². The van der Waals surface area contributed by atoms with Gasteiger partial charge < -0.3 is 9.84 Å². The molecule has 40 heavy (non-hydrogen) atoms. The Morgan fingerprint density at radius 3 is 2.70 bits per heavy atom. The number of allylic oxidation sites excluding steroid dienone is 5. The Kier molecular flexibility index (Phi) is 7.11. The summed E-state index contributed by atoms with van der Waals surface area (Å²) in [5.41, 5.74) is 7.82. The van der Waals surface area contributed by atoms with Crippen LogP contribution >= 0.6 is 0 Å². The molecule has 4 aliphatic rings. The van der Waals surface area contributed by atoms with Gasteiger partial charge in [0.15, 0.2) is 5.78 Å². The van der Waals surface area contributed by atoms with Crippen molar-refractivity contribution in [3.63, 3.8) is 0 Å². The highest BCUT2D eigenvalue weighted by molar-refractivity contribution is 5.93. The van der Waals surface area contributed by atoms with Gasteiger partial charge in [-0.3, -0.25) is 4.79 Å². The van der Waals surface area contributed by atoms with E-state index in [0.717, 1.165) is 49.7 Å². The van der Waals surface area contributed by atoms with Crippen molar-refractivity contribution < 1.29 is 19.4 Å². The van der Waals surface area contributed by atoms with Gasteiger partial charge in [0.1, 0.15) is 0 Å². The third-order valence-corrected chi connectivity index (χ3v) is 9.88. The van der Waals surface area contributed by atoms with Crippen molar-refractivity contribution in [2.75, 3.05) is 7.11 Å². The van der Waals surface area contributed by atoms with E-state index in [1.165, 1.54) is 23.8 Å². The normalized spacial score (nSPS) is 29.2. The molecule has 6 rings (SSSR count). The lowest BCUT2D eigenvalue weighted by atomic mass is 9.53. The maximum absolute atomic E-state index is 12.2. The van der Waals surface area contributed by atoms with Gasteiger partial charge in [-0.05, 0) is 121 Å². The van der Waals surface area contributed by atoms with E-state index in [2.05, 4.69) is 43.0 Å². The molecule has 0 amide bonds. The van der Waals surface area contributed by atoms with Crippen LogP contribution in [0.2, 0.25) is 0 Å². The topological polar surface area (TPSA) is 63.6 Å². The maximum atomic E-state index is 12.2. The van der Waals surface area contributed by atoms with Crippen molar-refractivity contribution in [2.45, 2.75) is 63.9 Å². The minimum Gasteiger partial charge on any atom is -0.465 e. The van der Waals surface area contributed by atoms with Crippen molar-refractivity contribution >= 4 is 17.8 Å². The minimum atomic E-state index is -0.355. The number of aliphatic hydroxyl groups is 1. The Labute approximate surface area is 236 Å². The van der Waals surface area contributed by atoms with Crippen LogP contribution < -0.4 is 0 Å². The predicted octanol–water partition coefficient (Wildman–Crippen LogP) is 6.80. The largest absolute Gasteiger partial charge is 0.465 e. The van der Waals surface area contributed by atoms with E-state index in [1.54, 1.807) is 23.8 Å². The Hall–Kier alpha value is -3.68. The average Bonchev–Trinajstić information content (AvgIpc) is 3.28. The van der Waals surface area contributed by atoms with Gasteiger partial charge in [-0.15, -0.1) is 0 Å². The molecule has 5 atom stereocenters. The van der Waals surface area contributed by atoms with E-state index in [0.29, 0.717) is 23.8 Å². The maximum Gasteiger partial charge on any atom is 0.337 e. The monoisotopic (exact) mass is 532 g/mol. The van der Waals surface area contributed by atoms with Crippen molar-refractivity contribution in [3.05, 3.63) is 99.7 Å². The zero-order valence-electron chi connectivity index (χ0n) is 23.3. The molecule has 2 aromatic rings. The number of benzene rings is 2. The number of carbonyl (C=O) groups is 2. The van der Waals surface area contributed by atoms with E-state index >= 15 is 0 Å². The number of hydrogen-bond donors (Lipinski definition) is 1. The molecule has 5 unspecified atom stereocenters. The van der Waals surface area contributed by atoms with Crippen LogP contribution in [0.5, 0.6) is 0 Å². The smallest absolute Gasteiger partial charge is 0.337 e. The number of methoxy groups -OCH3 is 1. The van der Waals surface area contributed by atoms with Crippen molar-refractivity contribution in [1.82, 2.24) is 0 Å². The molecule has 2 aromatic carbocycles. The summed E-state index contributed by atoms with van der Waals surface area (Å²) >= 11 is 0. The summed E-state index contributed by atoms with van der Waals surface area (Å²) in [6.07, 6.45) is 11.8. The molecule has 2 saturated carbocycles. The summed E-state index contributed by atoms with van der Waals surface area (Å²) in [5.74, 6) is 7.51. The minimum absolute atomic E-state index is 0.0699. The Morgan fingerprint density at radius 1 is 1.07 bits per heavy atom. The standard InChI is InChI=1S/C36H36O4/c1-36-22-31(34-29-17-15-28(37)21-26(29)14-16-30(34)32(36)18-19-33(36)38)25-12-10-23(11-13-25)6-3-4-7-24-8-5-9-27(20-24)35(39)40-2/h4-5,7-13,20-21,30-33,38H,14-19,22H2,1-2H3/b7-4+. The number of ketones is 1. The van der Waals surface area contributed by atoms with E-state index in [-0.39, 0.29) is 29.2 Å². The molecule has 2 fully saturated rings. The van der Waals surface area contributed by atoms with Crippen LogP contribution in [-0.4, -0.2) is 30.1 Å². The van der Waals surface area contributed by atoms with Gasteiger partial charge >= 0.3 is 5.97 Å². The number of esters is 1. The lowest BCUT2D eigenvalue weighted by Gasteiger charge is -2.52. The number of hydrogen-bond acceptors (Lipinski definition) is 4. The van der Waals surface area contributed by atoms with Gasteiger partial charge in [-0.25, -0.2) is 4.79 Å². The molecule has 1 N–H and O–H groups in total. The molecule has 0 heterocycles. The number of aliphatic hydroxyl groups excluding tert-OH is 1. The van der Waals surface area contributed by atoms with Crippen LogP contribution in [0.15, 0.2) is 77.4 Å².